The number of pyridine rings is 2. The molecule has 8 nitrogen and oxygen atoms in total. The van der Waals surface area contributed by atoms with Crippen molar-refractivity contribution in [2.24, 2.45) is 0 Å². The Kier molecular flexibility index (Phi) is 5.05. The maximum absolute atomic E-state index is 12.6. The van der Waals surface area contributed by atoms with Crippen molar-refractivity contribution >= 4 is 28.0 Å². The Morgan fingerprint density at radius 3 is 2.61 bits per heavy atom. The highest BCUT2D eigenvalue weighted by Gasteiger charge is 2.14. The quantitative estimate of drug-likeness (QED) is 0.529. The summed E-state index contributed by atoms with van der Waals surface area (Å²) in [5.74, 6) is 0.490. The predicted octanol–water partition coefficient (Wildman–Crippen LogP) is 3.27. The number of nitrogens with one attached hydrogen (secondary N) is 2. The van der Waals surface area contributed by atoms with Gasteiger partial charge >= 0.3 is 0 Å². The predicted molar refractivity (Wildman–Crippen MR) is 121 cm³/mol. The van der Waals surface area contributed by atoms with Crippen molar-refractivity contribution in [3.8, 4) is 11.4 Å². The molecular weight excluding hydrogens is 392 g/mol. The van der Waals surface area contributed by atoms with E-state index < -0.39 is 0 Å². The lowest BCUT2D eigenvalue weighted by molar-refractivity contribution is 0.122. The number of aryl methyl sites for hydroxylation is 1. The van der Waals surface area contributed by atoms with Crippen molar-refractivity contribution < 1.29 is 4.74 Å². The molecule has 0 bridgehead atoms. The zero-order valence-corrected chi connectivity index (χ0v) is 17.1. The summed E-state index contributed by atoms with van der Waals surface area (Å²) in [6.07, 6.45) is 3.16. The SMILES string of the molecule is Cc1cc(-c2cc3cc[nH]c(=O)c3c(Nc3ccc(N4CCOCC4)cc3)n2)ncn1. The summed E-state index contributed by atoms with van der Waals surface area (Å²) in [7, 11) is 0. The van der Waals surface area contributed by atoms with E-state index in [2.05, 4.69) is 37.3 Å². The van der Waals surface area contributed by atoms with Gasteiger partial charge in [0.15, 0.2) is 0 Å². The van der Waals surface area contributed by atoms with E-state index >= 15 is 0 Å². The van der Waals surface area contributed by atoms with Gasteiger partial charge in [-0.25, -0.2) is 15.0 Å². The lowest BCUT2D eigenvalue weighted by Crippen LogP contribution is -2.36. The largest absolute Gasteiger partial charge is 0.378 e. The fraction of sp³-hybridized carbons (Fsp3) is 0.217. The number of nitrogens with zero attached hydrogens (tertiary/aromatic N) is 4. The first-order valence-corrected chi connectivity index (χ1v) is 10.2. The highest BCUT2D eigenvalue weighted by molar-refractivity contribution is 5.95. The van der Waals surface area contributed by atoms with Gasteiger partial charge in [-0.3, -0.25) is 4.79 Å². The van der Waals surface area contributed by atoms with Crippen LogP contribution in [0.2, 0.25) is 0 Å². The van der Waals surface area contributed by atoms with E-state index in [1.165, 1.54) is 6.33 Å². The third kappa shape index (κ3) is 3.97. The summed E-state index contributed by atoms with van der Waals surface area (Å²) in [5, 5.41) is 4.62. The van der Waals surface area contributed by atoms with Crippen LogP contribution in [0.4, 0.5) is 17.2 Å². The molecule has 2 N–H and O–H groups in total. The standard InChI is InChI=1S/C23H22N6O2/c1-15-12-19(26-14-25-15)20-13-16-6-7-24-23(30)21(16)22(28-20)27-17-2-4-18(5-3-17)29-8-10-31-11-9-29/h2-7,12-14H,8-11H2,1H3,(H,24,30)(H,27,28). The molecule has 0 spiro atoms. The van der Waals surface area contributed by atoms with E-state index in [1.54, 1.807) is 6.20 Å². The minimum Gasteiger partial charge on any atom is -0.378 e. The Hall–Kier alpha value is -3.78. The van der Waals surface area contributed by atoms with Crippen molar-refractivity contribution in [3.05, 3.63) is 71.0 Å². The third-order valence-corrected chi connectivity index (χ3v) is 5.33. The van der Waals surface area contributed by atoms with Crippen molar-refractivity contribution in [1.82, 2.24) is 19.9 Å². The molecule has 3 aromatic heterocycles. The van der Waals surface area contributed by atoms with Crippen LogP contribution < -0.4 is 15.8 Å². The van der Waals surface area contributed by atoms with E-state index in [1.807, 2.05) is 37.3 Å². The smallest absolute Gasteiger partial charge is 0.259 e. The Labute approximate surface area is 179 Å². The van der Waals surface area contributed by atoms with Gasteiger partial charge in [0, 0.05) is 36.4 Å². The van der Waals surface area contributed by atoms with Crippen LogP contribution in [0.25, 0.3) is 22.2 Å². The number of hydrogen-bond acceptors (Lipinski definition) is 7. The highest BCUT2D eigenvalue weighted by atomic mass is 16.5. The summed E-state index contributed by atoms with van der Waals surface area (Å²) >= 11 is 0. The van der Waals surface area contributed by atoms with E-state index in [0.29, 0.717) is 22.6 Å². The number of H-pyrrole nitrogens is 1. The van der Waals surface area contributed by atoms with Crippen LogP contribution in [0, 0.1) is 6.92 Å². The monoisotopic (exact) mass is 414 g/mol. The topological polar surface area (TPSA) is 96.0 Å². The Morgan fingerprint density at radius 2 is 1.84 bits per heavy atom. The number of hydrogen-bond donors (Lipinski definition) is 2. The number of fused-ring (bicyclic) bond motifs is 1. The maximum Gasteiger partial charge on any atom is 0.259 e. The van der Waals surface area contributed by atoms with Crippen LogP contribution in [-0.4, -0.2) is 46.2 Å². The molecule has 31 heavy (non-hydrogen) atoms. The second kappa shape index (κ2) is 8.16. The Morgan fingerprint density at radius 1 is 1.03 bits per heavy atom. The molecule has 0 unspecified atom stereocenters. The van der Waals surface area contributed by atoms with Gasteiger partial charge in [0.05, 0.1) is 30.0 Å². The summed E-state index contributed by atoms with van der Waals surface area (Å²) < 4.78 is 5.43. The lowest BCUT2D eigenvalue weighted by atomic mass is 10.1. The van der Waals surface area contributed by atoms with Crippen molar-refractivity contribution in [2.75, 3.05) is 36.5 Å². The first-order chi connectivity index (χ1) is 15.2. The molecule has 8 heteroatoms. The van der Waals surface area contributed by atoms with E-state index in [0.717, 1.165) is 48.8 Å². The highest BCUT2D eigenvalue weighted by Crippen LogP contribution is 2.28. The summed E-state index contributed by atoms with van der Waals surface area (Å²) in [6.45, 7) is 5.16. The molecule has 1 fully saturated rings. The lowest BCUT2D eigenvalue weighted by Gasteiger charge is -2.28. The zero-order valence-electron chi connectivity index (χ0n) is 17.1. The normalized spacial score (nSPS) is 14.0. The summed E-state index contributed by atoms with van der Waals surface area (Å²) in [4.78, 5) is 30.8. The Bertz CT molecular complexity index is 1280. The second-order valence-corrected chi connectivity index (χ2v) is 7.44. The number of ether oxygens (including phenoxy) is 1. The summed E-state index contributed by atoms with van der Waals surface area (Å²) in [6, 6.07) is 13.7. The van der Waals surface area contributed by atoms with Crippen LogP contribution >= 0.6 is 0 Å². The van der Waals surface area contributed by atoms with Gasteiger partial charge in [0.25, 0.3) is 5.56 Å². The molecule has 0 aliphatic carbocycles. The van der Waals surface area contributed by atoms with Gasteiger partial charge in [0.2, 0.25) is 0 Å². The number of aromatic nitrogens is 4. The second-order valence-electron chi connectivity index (χ2n) is 7.44. The minimum atomic E-state index is -0.192. The fourth-order valence-corrected chi connectivity index (χ4v) is 3.74. The average molecular weight is 414 g/mol. The summed E-state index contributed by atoms with van der Waals surface area (Å²) in [5.41, 5.74) is 4.05. The van der Waals surface area contributed by atoms with Gasteiger partial charge in [-0.05, 0) is 54.8 Å². The fourth-order valence-electron chi connectivity index (χ4n) is 3.74. The minimum absolute atomic E-state index is 0.192. The van der Waals surface area contributed by atoms with Gasteiger partial charge in [-0.2, -0.15) is 0 Å². The first-order valence-electron chi connectivity index (χ1n) is 10.2. The first kappa shape index (κ1) is 19.2. The Balaban J connectivity index is 1.53. The molecule has 0 radical (unpaired) electrons. The van der Waals surface area contributed by atoms with E-state index in [4.69, 9.17) is 9.72 Å². The molecule has 4 aromatic rings. The molecule has 4 heterocycles. The molecule has 1 aliphatic rings. The maximum atomic E-state index is 12.6. The van der Waals surface area contributed by atoms with Crippen LogP contribution in [0.3, 0.4) is 0 Å². The molecule has 0 atom stereocenters. The molecular formula is C23H22N6O2. The molecule has 0 saturated carbocycles. The third-order valence-electron chi connectivity index (χ3n) is 5.33. The number of morpholine rings is 1. The van der Waals surface area contributed by atoms with Crippen molar-refractivity contribution in [1.29, 1.82) is 0 Å². The number of rotatable bonds is 4. The van der Waals surface area contributed by atoms with Gasteiger partial charge in [-0.1, -0.05) is 0 Å². The van der Waals surface area contributed by atoms with Gasteiger partial charge in [-0.15, -0.1) is 0 Å². The molecule has 156 valence electrons. The number of anilines is 3. The molecule has 1 aliphatic heterocycles. The van der Waals surface area contributed by atoms with E-state index in [9.17, 15) is 4.79 Å². The van der Waals surface area contributed by atoms with Gasteiger partial charge < -0.3 is 19.9 Å². The van der Waals surface area contributed by atoms with Gasteiger partial charge in [0.1, 0.15) is 12.1 Å². The molecule has 1 aromatic carbocycles. The van der Waals surface area contributed by atoms with Crippen LogP contribution in [-0.2, 0) is 4.74 Å². The van der Waals surface area contributed by atoms with Crippen LogP contribution in [0.1, 0.15) is 5.69 Å². The van der Waals surface area contributed by atoms with Crippen LogP contribution in [0.15, 0.2) is 59.8 Å². The number of benzene rings is 1. The average Bonchev–Trinajstić information content (AvgIpc) is 2.80. The zero-order chi connectivity index (χ0) is 21.2. The van der Waals surface area contributed by atoms with Crippen LogP contribution in [0.5, 0.6) is 0 Å². The molecule has 0 amide bonds. The number of aromatic amines is 1. The molecule has 5 rings (SSSR count). The van der Waals surface area contributed by atoms with Crippen molar-refractivity contribution in [2.45, 2.75) is 6.92 Å². The molecule has 1 saturated heterocycles. The van der Waals surface area contributed by atoms with E-state index in [-0.39, 0.29) is 5.56 Å². The van der Waals surface area contributed by atoms with Crippen molar-refractivity contribution in [3.63, 3.8) is 0 Å².